The molecule has 0 spiro atoms. The third kappa shape index (κ3) is 4.47. The Morgan fingerprint density at radius 1 is 1.32 bits per heavy atom. The number of ether oxygens (including phenoxy) is 1. The smallest absolute Gasteiger partial charge is 0.317 e. The maximum atomic E-state index is 12.2. The summed E-state index contributed by atoms with van der Waals surface area (Å²) in [5, 5.41) is 10.6. The fraction of sp³-hybridized carbons (Fsp3) is 0.524. The first-order valence-corrected chi connectivity index (χ1v) is 9.76. The number of methoxy groups -OCH3 is 1. The molecule has 0 saturated carbocycles. The van der Waals surface area contributed by atoms with Gasteiger partial charge in [0, 0.05) is 50.9 Å². The zero-order chi connectivity index (χ0) is 20.3. The fourth-order valence-electron chi connectivity index (χ4n) is 3.84. The highest BCUT2D eigenvalue weighted by Crippen LogP contribution is 2.29. The van der Waals surface area contributed by atoms with Crippen LogP contribution in [0.15, 0.2) is 30.5 Å². The molecule has 7 heteroatoms. The molecule has 1 aliphatic rings. The van der Waals surface area contributed by atoms with Gasteiger partial charge in [0.25, 0.3) is 0 Å². The van der Waals surface area contributed by atoms with Crippen molar-refractivity contribution in [1.29, 1.82) is 0 Å². The van der Waals surface area contributed by atoms with Crippen molar-refractivity contribution in [3.63, 3.8) is 0 Å². The number of amides is 2. The minimum atomic E-state index is -0.0280. The highest BCUT2D eigenvalue weighted by atomic mass is 16.5. The molecule has 2 amide bonds. The second-order valence-electron chi connectivity index (χ2n) is 8.05. The average Bonchev–Trinajstić information content (AvgIpc) is 3.29. The minimum Gasteiger partial charge on any atom is -0.497 e. The van der Waals surface area contributed by atoms with Crippen LogP contribution in [-0.2, 0) is 6.54 Å². The lowest BCUT2D eigenvalue weighted by Crippen LogP contribution is -2.46. The Bertz CT molecular complexity index is 784. The molecule has 1 aliphatic heterocycles. The van der Waals surface area contributed by atoms with Gasteiger partial charge in [-0.25, -0.2) is 4.79 Å². The third-order valence-corrected chi connectivity index (χ3v) is 5.50. The summed E-state index contributed by atoms with van der Waals surface area (Å²) in [6.07, 6.45) is 1.90. The maximum absolute atomic E-state index is 12.2. The number of rotatable bonds is 6. The molecule has 3 rings (SSSR count). The van der Waals surface area contributed by atoms with Crippen LogP contribution in [0, 0.1) is 11.8 Å². The summed E-state index contributed by atoms with van der Waals surface area (Å²) in [5.74, 6) is 1.77. The quantitative estimate of drug-likeness (QED) is 0.802. The van der Waals surface area contributed by atoms with E-state index in [9.17, 15) is 4.79 Å². The summed E-state index contributed by atoms with van der Waals surface area (Å²) in [5.41, 5.74) is 3.28. The van der Waals surface area contributed by atoms with E-state index >= 15 is 0 Å². The third-order valence-electron chi connectivity index (χ3n) is 5.50. The standard InChI is InChI=1S/C21H31N5O2/c1-14(2)18-12-26(13-19(18)23-21(27)25(3)4)11-16-10-22-24-20(16)15-6-8-17(28-5)9-7-15/h6-10,14,18-19H,11-13H2,1-5H3,(H,22,24)(H,23,27)/t18-,19+/m0/s1. The lowest BCUT2D eigenvalue weighted by Gasteiger charge is -2.24. The van der Waals surface area contributed by atoms with Gasteiger partial charge < -0.3 is 15.0 Å². The van der Waals surface area contributed by atoms with Crippen molar-refractivity contribution in [2.75, 3.05) is 34.3 Å². The van der Waals surface area contributed by atoms with Crippen LogP contribution >= 0.6 is 0 Å². The Morgan fingerprint density at radius 3 is 2.64 bits per heavy atom. The van der Waals surface area contributed by atoms with Gasteiger partial charge in [0.2, 0.25) is 0 Å². The van der Waals surface area contributed by atoms with Crippen molar-refractivity contribution < 1.29 is 9.53 Å². The van der Waals surface area contributed by atoms with Gasteiger partial charge in [-0.15, -0.1) is 0 Å². The van der Waals surface area contributed by atoms with E-state index in [1.165, 1.54) is 0 Å². The van der Waals surface area contributed by atoms with E-state index in [4.69, 9.17) is 4.74 Å². The van der Waals surface area contributed by atoms with Crippen molar-refractivity contribution in [2.45, 2.75) is 26.4 Å². The number of urea groups is 1. The van der Waals surface area contributed by atoms with E-state index in [1.807, 2.05) is 30.5 Å². The first-order valence-electron chi connectivity index (χ1n) is 9.76. The molecule has 1 aromatic heterocycles. The summed E-state index contributed by atoms with van der Waals surface area (Å²) in [7, 11) is 5.22. The molecule has 0 aliphatic carbocycles. The molecule has 1 aromatic carbocycles. The van der Waals surface area contributed by atoms with Crippen LogP contribution in [0.4, 0.5) is 4.79 Å². The van der Waals surface area contributed by atoms with Crippen LogP contribution in [0.5, 0.6) is 5.75 Å². The van der Waals surface area contributed by atoms with Crippen molar-refractivity contribution in [3.05, 3.63) is 36.0 Å². The summed E-state index contributed by atoms with van der Waals surface area (Å²) < 4.78 is 5.25. The molecule has 2 aromatic rings. The number of nitrogens with one attached hydrogen (secondary N) is 2. The predicted octanol–water partition coefficient (Wildman–Crippen LogP) is 2.81. The van der Waals surface area contributed by atoms with E-state index in [0.717, 1.165) is 42.2 Å². The van der Waals surface area contributed by atoms with E-state index in [0.29, 0.717) is 11.8 Å². The SMILES string of the molecule is COc1ccc(-c2[nH]ncc2CN2C[C@@H](NC(=O)N(C)C)[C@H](C(C)C)C2)cc1. The lowest BCUT2D eigenvalue weighted by molar-refractivity contribution is 0.207. The number of hydrogen-bond donors (Lipinski definition) is 2. The number of aromatic nitrogens is 2. The molecule has 152 valence electrons. The molecule has 2 heterocycles. The number of aromatic amines is 1. The summed E-state index contributed by atoms with van der Waals surface area (Å²) in [6, 6.07) is 8.12. The molecule has 0 radical (unpaired) electrons. The highest BCUT2D eigenvalue weighted by Gasteiger charge is 2.36. The molecule has 0 bridgehead atoms. The van der Waals surface area contributed by atoms with Crippen LogP contribution in [-0.4, -0.2) is 66.4 Å². The lowest BCUT2D eigenvalue weighted by atomic mass is 9.91. The highest BCUT2D eigenvalue weighted by molar-refractivity contribution is 5.74. The summed E-state index contributed by atoms with van der Waals surface area (Å²) in [4.78, 5) is 16.2. The molecule has 28 heavy (non-hydrogen) atoms. The molecule has 1 saturated heterocycles. The number of benzene rings is 1. The largest absolute Gasteiger partial charge is 0.497 e. The fourth-order valence-corrected chi connectivity index (χ4v) is 3.84. The summed E-state index contributed by atoms with van der Waals surface area (Å²) in [6.45, 7) is 7.06. The Morgan fingerprint density at radius 2 is 2.04 bits per heavy atom. The van der Waals surface area contributed by atoms with Crippen molar-refractivity contribution in [2.24, 2.45) is 11.8 Å². The van der Waals surface area contributed by atoms with Crippen LogP contribution in [0.3, 0.4) is 0 Å². The van der Waals surface area contributed by atoms with Crippen LogP contribution < -0.4 is 10.1 Å². The monoisotopic (exact) mass is 385 g/mol. The molecule has 2 N–H and O–H groups in total. The number of nitrogens with zero attached hydrogens (tertiary/aromatic N) is 3. The first-order chi connectivity index (χ1) is 13.4. The van der Waals surface area contributed by atoms with E-state index < -0.39 is 0 Å². The minimum absolute atomic E-state index is 0.0280. The van der Waals surface area contributed by atoms with Crippen LogP contribution in [0.25, 0.3) is 11.3 Å². The zero-order valence-electron chi connectivity index (χ0n) is 17.4. The van der Waals surface area contributed by atoms with Crippen LogP contribution in [0.2, 0.25) is 0 Å². The maximum Gasteiger partial charge on any atom is 0.317 e. The second kappa shape index (κ2) is 8.65. The summed E-state index contributed by atoms with van der Waals surface area (Å²) >= 11 is 0. The topological polar surface area (TPSA) is 73.5 Å². The molecule has 7 nitrogen and oxygen atoms in total. The zero-order valence-corrected chi connectivity index (χ0v) is 17.4. The number of likely N-dealkylation sites (tertiary alicyclic amines) is 1. The van der Waals surface area contributed by atoms with Gasteiger partial charge in [-0.3, -0.25) is 10.00 Å². The van der Waals surface area contributed by atoms with Crippen molar-refractivity contribution in [3.8, 4) is 17.0 Å². The Hall–Kier alpha value is -2.54. The normalized spacial score (nSPS) is 19.8. The van der Waals surface area contributed by atoms with Gasteiger partial charge >= 0.3 is 6.03 Å². The molecular formula is C21H31N5O2. The first kappa shape index (κ1) is 20.2. The van der Waals surface area contributed by atoms with Crippen molar-refractivity contribution >= 4 is 6.03 Å². The van der Waals surface area contributed by atoms with E-state index in [1.54, 1.807) is 26.1 Å². The van der Waals surface area contributed by atoms with E-state index in [-0.39, 0.29) is 12.1 Å². The Kier molecular flexibility index (Phi) is 6.24. The van der Waals surface area contributed by atoms with Gasteiger partial charge in [-0.2, -0.15) is 5.10 Å². The van der Waals surface area contributed by atoms with Gasteiger partial charge in [0.05, 0.1) is 19.0 Å². The second-order valence-corrected chi connectivity index (χ2v) is 8.05. The molecule has 2 atom stereocenters. The average molecular weight is 386 g/mol. The number of carbonyl (C=O) groups excluding carboxylic acids is 1. The molecular weight excluding hydrogens is 354 g/mol. The molecule has 0 unspecified atom stereocenters. The van der Waals surface area contributed by atoms with Gasteiger partial charge in [-0.05, 0) is 36.1 Å². The van der Waals surface area contributed by atoms with Gasteiger partial charge in [-0.1, -0.05) is 13.8 Å². The molecule has 1 fully saturated rings. The van der Waals surface area contributed by atoms with E-state index in [2.05, 4.69) is 34.3 Å². The van der Waals surface area contributed by atoms with Gasteiger partial charge in [0.15, 0.2) is 0 Å². The predicted molar refractivity (Wildman–Crippen MR) is 110 cm³/mol. The number of H-pyrrole nitrogens is 1. The number of carbonyl (C=O) groups is 1. The van der Waals surface area contributed by atoms with Crippen molar-refractivity contribution in [1.82, 2.24) is 25.3 Å². The number of hydrogen-bond acceptors (Lipinski definition) is 4. The Labute approximate surface area is 167 Å². The van der Waals surface area contributed by atoms with Gasteiger partial charge in [0.1, 0.15) is 5.75 Å². The van der Waals surface area contributed by atoms with Crippen LogP contribution in [0.1, 0.15) is 19.4 Å². The Balaban J connectivity index is 1.72.